The average Bonchev–Trinajstić information content (AvgIpc) is 2.87. The number of rotatable bonds is 3. The fourth-order valence-corrected chi connectivity index (χ4v) is 3.73. The number of piperidine rings is 1. The summed E-state index contributed by atoms with van der Waals surface area (Å²) < 4.78 is 5.45. The highest BCUT2D eigenvalue weighted by Crippen LogP contribution is 2.16. The van der Waals surface area contributed by atoms with Crippen LogP contribution in [-0.4, -0.2) is 37.0 Å². The summed E-state index contributed by atoms with van der Waals surface area (Å²) in [6, 6.07) is 3.98. The van der Waals surface area contributed by atoms with Crippen LogP contribution in [-0.2, 0) is 11.3 Å². The van der Waals surface area contributed by atoms with Gasteiger partial charge < -0.3 is 14.2 Å². The molecule has 2 atom stereocenters. The number of nitrogens with zero attached hydrogens (tertiary/aromatic N) is 1. The van der Waals surface area contributed by atoms with Gasteiger partial charge in [0.25, 0.3) is 0 Å². The number of furan rings is 1. The highest BCUT2D eigenvalue weighted by atomic mass is 16.3. The van der Waals surface area contributed by atoms with Gasteiger partial charge in [0.05, 0.1) is 25.3 Å². The van der Waals surface area contributed by atoms with E-state index in [4.69, 9.17) is 4.42 Å². The molecule has 1 amide bonds. The topological polar surface area (TPSA) is 37.9 Å². The van der Waals surface area contributed by atoms with E-state index in [1.807, 2.05) is 12.1 Å². The first-order chi connectivity index (χ1) is 10.3. The van der Waals surface area contributed by atoms with Gasteiger partial charge in [0, 0.05) is 13.1 Å². The molecular formula is C17H27N2O2+. The summed E-state index contributed by atoms with van der Waals surface area (Å²) in [4.78, 5) is 16.4. The fourth-order valence-electron chi connectivity index (χ4n) is 3.73. The number of nitrogens with one attached hydrogen (secondary N) is 1. The second-order valence-corrected chi connectivity index (χ2v) is 6.54. The second kappa shape index (κ2) is 7.12. The van der Waals surface area contributed by atoms with Crippen molar-refractivity contribution in [2.45, 2.75) is 45.1 Å². The van der Waals surface area contributed by atoms with Gasteiger partial charge in [0.2, 0.25) is 5.91 Å². The maximum absolute atomic E-state index is 12.7. The number of quaternary nitrogens is 1. The molecule has 21 heavy (non-hydrogen) atoms. The molecule has 116 valence electrons. The van der Waals surface area contributed by atoms with Crippen LogP contribution in [0.15, 0.2) is 22.8 Å². The lowest BCUT2D eigenvalue weighted by atomic mass is 9.96. The molecule has 4 nitrogen and oxygen atoms in total. The maximum Gasteiger partial charge on any atom is 0.231 e. The molecule has 2 fully saturated rings. The van der Waals surface area contributed by atoms with Crippen molar-refractivity contribution in [1.82, 2.24) is 4.90 Å². The first-order valence-electron chi connectivity index (χ1n) is 8.47. The Kier molecular flexibility index (Phi) is 4.96. The Morgan fingerprint density at radius 3 is 2.76 bits per heavy atom. The number of likely N-dealkylation sites (tertiary alicyclic amines) is 2. The Bertz CT molecular complexity index is 436. The van der Waals surface area contributed by atoms with Gasteiger partial charge in [-0.1, -0.05) is 12.8 Å². The molecule has 0 spiro atoms. The smallest absolute Gasteiger partial charge is 0.231 e. The minimum Gasteiger partial charge on any atom is -0.463 e. The largest absolute Gasteiger partial charge is 0.463 e. The van der Waals surface area contributed by atoms with Crippen LogP contribution < -0.4 is 4.90 Å². The Hall–Kier alpha value is -1.29. The lowest BCUT2D eigenvalue weighted by molar-refractivity contribution is -0.922. The van der Waals surface area contributed by atoms with Crippen LogP contribution in [0.4, 0.5) is 0 Å². The Labute approximate surface area is 127 Å². The lowest BCUT2D eigenvalue weighted by Crippen LogP contribution is -3.12. The number of amides is 1. The van der Waals surface area contributed by atoms with Crippen molar-refractivity contribution in [1.29, 1.82) is 0 Å². The quantitative estimate of drug-likeness (QED) is 0.916. The molecule has 0 saturated carbocycles. The third kappa shape index (κ3) is 3.88. The number of hydrogen-bond donors (Lipinski definition) is 1. The summed E-state index contributed by atoms with van der Waals surface area (Å²) >= 11 is 0. The van der Waals surface area contributed by atoms with Crippen molar-refractivity contribution in [3.05, 3.63) is 24.2 Å². The normalized spacial score (nSPS) is 27.3. The zero-order valence-electron chi connectivity index (χ0n) is 12.9. The van der Waals surface area contributed by atoms with E-state index in [1.165, 1.54) is 30.6 Å². The van der Waals surface area contributed by atoms with Crippen molar-refractivity contribution in [3.63, 3.8) is 0 Å². The molecular weight excluding hydrogens is 264 g/mol. The molecule has 1 aromatic rings. The first-order valence-corrected chi connectivity index (χ1v) is 8.47. The van der Waals surface area contributed by atoms with E-state index in [0.717, 1.165) is 51.3 Å². The molecule has 3 heterocycles. The van der Waals surface area contributed by atoms with Crippen LogP contribution in [0.25, 0.3) is 0 Å². The third-order valence-electron chi connectivity index (χ3n) is 4.89. The third-order valence-corrected chi connectivity index (χ3v) is 4.89. The molecule has 4 heteroatoms. The molecule has 2 aliphatic heterocycles. The number of carbonyl (C=O) groups excluding carboxylic acids is 1. The molecule has 2 unspecified atom stereocenters. The van der Waals surface area contributed by atoms with Crippen LogP contribution in [0, 0.1) is 5.92 Å². The van der Waals surface area contributed by atoms with E-state index in [2.05, 4.69) is 4.90 Å². The molecule has 2 saturated heterocycles. The monoisotopic (exact) mass is 291 g/mol. The van der Waals surface area contributed by atoms with Crippen LogP contribution in [0.3, 0.4) is 0 Å². The fraction of sp³-hybridized carbons (Fsp3) is 0.706. The molecule has 1 N–H and O–H groups in total. The summed E-state index contributed by atoms with van der Waals surface area (Å²) in [6.45, 7) is 4.99. The molecule has 1 aromatic heterocycles. The van der Waals surface area contributed by atoms with Crippen molar-refractivity contribution < 1.29 is 14.1 Å². The van der Waals surface area contributed by atoms with Gasteiger partial charge in [0.1, 0.15) is 6.54 Å². The van der Waals surface area contributed by atoms with Gasteiger partial charge in [-0.25, -0.2) is 0 Å². The van der Waals surface area contributed by atoms with Crippen LogP contribution in [0.1, 0.15) is 44.3 Å². The zero-order chi connectivity index (χ0) is 14.5. The minimum absolute atomic E-state index is 0.224. The predicted octanol–water partition coefficient (Wildman–Crippen LogP) is 1.48. The highest BCUT2D eigenvalue weighted by molar-refractivity contribution is 5.79. The zero-order valence-corrected chi connectivity index (χ0v) is 12.9. The van der Waals surface area contributed by atoms with Gasteiger partial charge in [-0.15, -0.1) is 0 Å². The average molecular weight is 291 g/mol. The maximum atomic E-state index is 12.7. The number of hydrogen-bond acceptors (Lipinski definition) is 2. The van der Waals surface area contributed by atoms with E-state index in [0.29, 0.717) is 5.91 Å². The summed E-state index contributed by atoms with van der Waals surface area (Å²) in [7, 11) is 0. The van der Waals surface area contributed by atoms with Gasteiger partial charge >= 0.3 is 0 Å². The van der Waals surface area contributed by atoms with Crippen molar-refractivity contribution in [2.75, 3.05) is 26.2 Å². The molecule has 0 aliphatic carbocycles. The van der Waals surface area contributed by atoms with E-state index < -0.39 is 0 Å². The predicted molar refractivity (Wildman–Crippen MR) is 80.9 cm³/mol. The highest BCUT2D eigenvalue weighted by Gasteiger charge is 2.32. The lowest BCUT2D eigenvalue weighted by Gasteiger charge is -2.32. The summed E-state index contributed by atoms with van der Waals surface area (Å²) in [5, 5.41) is 0. The van der Waals surface area contributed by atoms with Gasteiger partial charge in [-0.3, -0.25) is 4.79 Å². The van der Waals surface area contributed by atoms with Gasteiger partial charge in [-0.2, -0.15) is 0 Å². The van der Waals surface area contributed by atoms with Crippen molar-refractivity contribution in [3.8, 4) is 0 Å². The number of carbonyl (C=O) groups is 1. The molecule has 0 radical (unpaired) electrons. The van der Waals surface area contributed by atoms with Crippen molar-refractivity contribution in [2.24, 2.45) is 5.92 Å². The van der Waals surface area contributed by atoms with Crippen molar-refractivity contribution >= 4 is 5.91 Å². The minimum atomic E-state index is 0.224. The SMILES string of the molecule is O=C(C1CCC[NH+](Cc2ccco2)C1)N1CCCCCC1. The Morgan fingerprint density at radius 2 is 2.05 bits per heavy atom. The summed E-state index contributed by atoms with van der Waals surface area (Å²) in [5.74, 6) is 1.67. The second-order valence-electron chi connectivity index (χ2n) is 6.54. The molecule has 3 rings (SSSR count). The van der Waals surface area contributed by atoms with E-state index in [9.17, 15) is 4.79 Å². The Morgan fingerprint density at radius 1 is 1.24 bits per heavy atom. The van der Waals surface area contributed by atoms with Crippen LogP contribution >= 0.6 is 0 Å². The Balaban J connectivity index is 1.55. The standard InChI is InChI=1S/C17H26N2O2/c20-17(19-10-3-1-2-4-11-19)15-7-5-9-18(13-15)14-16-8-6-12-21-16/h6,8,12,15H,1-5,7,9-11,13-14H2/p+1. The summed E-state index contributed by atoms with van der Waals surface area (Å²) in [6.07, 6.45) is 8.88. The molecule has 0 aromatic carbocycles. The van der Waals surface area contributed by atoms with E-state index in [1.54, 1.807) is 6.26 Å². The summed E-state index contributed by atoms with van der Waals surface area (Å²) in [5.41, 5.74) is 0. The molecule has 2 aliphatic rings. The van der Waals surface area contributed by atoms with E-state index >= 15 is 0 Å². The van der Waals surface area contributed by atoms with Crippen LogP contribution in [0.2, 0.25) is 0 Å². The van der Waals surface area contributed by atoms with Gasteiger partial charge in [-0.05, 0) is 37.8 Å². The first kappa shape index (κ1) is 14.6. The van der Waals surface area contributed by atoms with E-state index in [-0.39, 0.29) is 5.92 Å². The van der Waals surface area contributed by atoms with Crippen LogP contribution in [0.5, 0.6) is 0 Å². The molecule has 0 bridgehead atoms. The van der Waals surface area contributed by atoms with Gasteiger partial charge in [0.15, 0.2) is 5.76 Å².